The van der Waals surface area contributed by atoms with Gasteiger partial charge in [0.2, 0.25) is 11.8 Å². The molecule has 0 bridgehead atoms. The number of nitrogens with zero attached hydrogens (tertiary/aromatic N) is 1. The largest absolute Gasteiger partial charge is 0.295 e. The van der Waals surface area contributed by atoms with E-state index < -0.39 is 0 Å². The van der Waals surface area contributed by atoms with Gasteiger partial charge in [-0.2, -0.15) is 0 Å². The molecule has 2 amide bonds. The Morgan fingerprint density at radius 3 is 2.42 bits per heavy atom. The van der Waals surface area contributed by atoms with Gasteiger partial charge in [0, 0.05) is 24.8 Å². The highest BCUT2D eigenvalue weighted by atomic mass is 16.2. The van der Waals surface area contributed by atoms with Crippen molar-refractivity contribution < 1.29 is 14.4 Å². The molecule has 4 heteroatoms. The van der Waals surface area contributed by atoms with Gasteiger partial charge in [-0.3, -0.25) is 19.3 Å². The second kappa shape index (κ2) is 5.68. The minimum Gasteiger partial charge on any atom is -0.295 e. The molecule has 1 saturated carbocycles. The van der Waals surface area contributed by atoms with Crippen molar-refractivity contribution in [2.45, 2.75) is 39.0 Å². The van der Waals surface area contributed by atoms with E-state index in [2.05, 4.69) is 6.58 Å². The van der Waals surface area contributed by atoms with E-state index in [-0.39, 0.29) is 29.4 Å². The summed E-state index contributed by atoms with van der Waals surface area (Å²) in [4.78, 5) is 36.5. The minimum absolute atomic E-state index is 0.0331. The van der Waals surface area contributed by atoms with Crippen molar-refractivity contribution in [2.24, 2.45) is 17.8 Å². The van der Waals surface area contributed by atoms with Gasteiger partial charge in [-0.15, -0.1) is 0 Å². The van der Waals surface area contributed by atoms with Crippen LogP contribution in [-0.2, 0) is 14.4 Å². The summed E-state index contributed by atoms with van der Waals surface area (Å²) >= 11 is 0. The number of ketones is 1. The Kier molecular flexibility index (Phi) is 4.17. The third kappa shape index (κ3) is 2.94. The number of carbonyl (C=O) groups is 3. The minimum atomic E-state index is -0.161. The molecule has 104 valence electrons. The van der Waals surface area contributed by atoms with Crippen molar-refractivity contribution in [3.05, 3.63) is 12.7 Å². The first-order valence-corrected chi connectivity index (χ1v) is 7.03. The molecular weight excluding hydrogens is 242 g/mol. The van der Waals surface area contributed by atoms with E-state index in [0.29, 0.717) is 18.9 Å². The Morgan fingerprint density at radius 1 is 1.32 bits per heavy atom. The fourth-order valence-corrected chi connectivity index (χ4v) is 3.09. The summed E-state index contributed by atoms with van der Waals surface area (Å²) in [6.07, 6.45) is 5.28. The van der Waals surface area contributed by atoms with Crippen LogP contribution in [0.2, 0.25) is 0 Å². The number of amides is 2. The zero-order valence-corrected chi connectivity index (χ0v) is 11.4. The number of rotatable bonds is 4. The highest BCUT2D eigenvalue weighted by molar-refractivity contribution is 6.03. The van der Waals surface area contributed by atoms with E-state index in [4.69, 9.17) is 0 Å². The van der Waals surface area contributed by atoms with Gasteiger partial charge in [0.15, 0.2) is 5.78 Å². The fraction of sp³-hybridized carbons (Fsp3) is 0.667. The summed E-state index contributed by atoms with van der Waals surface area (Å²) in [6, 6.07) is 0. The van der Waals surface area contributed by atoms with Crippen LogP contribution < -0.4 is 0 Å². The highest BCUT2D eigenvalue weighted by Crippen LogP contribution is 2.31. The average Bonchev–Trinajstić information content (AvgIpc) is 2.65. The zero-order valence-electron chi connectivity index (χ0n) is 11.4. The summed E-state index contributed by atoms with van der Waals surface area (Å²) in [5, 5.41) is 0. The van der Waals surface area contributed by atoms with Crippen molar-refractivity contribution in [1.29, 1.82) is 0 Å². The van der Waals surface area contributed by atoms with Gasteiger partial charge in [-0.05, 0) is 37.7 Å². The Morgan fingerprint density at radius 2 is 1.95 bits per heavy atom. The maximum Gasteiger partial charge on any atom is 0.232 e. The summed E-state index contributed by atoms with van der Waals surface area (Å²) in [6.45, 7) is 5.86. The van der Waals surface area contributed by atoms with Crippen LogP contribution in [0, 0.1) is 17.8 Å². The molecule has 1 aliphatic heterocycles. The maximum atomic E-state index is 11.8. The quantitative estimate of drug-likeness (QED) is 0.575. The molecule has 1 saturated heterocycles. The molecule has 0 aromatic carbocycles. The van der Waals surface area contributed by atoms with Crippen molar-refractivity contribution in [1.82, 2.24) is 4.90 Å². The smallest absolute Gasteiger partial charge is 0.232 e. The predicted molar refractivity (Wildman–Crippen MR) is 71.2 cm³/mol. The van der Waals surface area contributed by atoms with Crippen LogP contribution in [-0.4, -0.2) is 29.0 Å². The molecule has 2 fully saturated rings. The molecular formula is C15H21NO3. The van der Waals surface area contributed by atoms with Crippen molar-refractivity contribution in [3.63, 3.8) is 0 Å². The molecule has 2 rings (SSSR count). The van der Waals surface area contributed by atoms with Gasteiger partial charge >= 0.3 is 0 Å². The molecule has 19 heavy (non-hydrogen) atoms. The van der Waals surface area contributed by atoms with E-state index in [1.807, 2.05) is 0 Å². The van der Waals surface area contributed by atoms with E-state index >= 15 is 0 Å². The summed E-state index contributed by atoms with van der Waals surface area (Å²) in [5.41, 5.74) is 0. The fourth-order valence-electron chi connectivity index (χ4n) is 3.09. The predicted octanol–water partition coefficient (Wildman–Crippen LogP) is 1.94. The summed E-state index contributed by atoms with van der Waals surface area (Å²) < 4.78 is 0. The first-order valence-electron chi connectivity index (χ1n) is 7.03. The third-order valence-corrected chi connectivity index (χ3v) is 4.36. The van der Waals surface area contributed by atoms with Gasteiger partial charge < -0.3 is 0 Å². The topological polar surface area (TPSA) is 54.5 Å². The monoisotopic (exact) mass is 263 g/mol. The van der Waals surface area contributed by atoms with E-state index in [1.54, 1.807) is 6.92 Å². The molecule has 0 spiro atoms. The molecule has 1 aliphatic carbocycles. The second-order valence-electron chi connectivity index (χ2n) is 5.77. The molecule has 0 N–H and O–H groups in total. The van der Waals surface area contributed by atoms with Crippen molar-refractivity contribution in [2.75, 3.05) is 6.54 Å². The number of hydrogen-bond acceptors (Lipinski definition) is 3. The van der Waals surface area contributed by atoms with Gasteiger partial charge in [-0.25, -0.2) is 0 Å². The summed E-state index contributed by atoms with van der Waals surface area (Å²) in [5.74, 6) is 0.340. The lowest BCUT2D eigenvalue weighted by atomic mass is 9.80. The van der Waals surface area contributed by atoms with Crippen LogP contribution in [0.3, 0.4) is 0 Å². The lowest BCUT2D eigenvalue weighted by Gasteiger charge is -2.29. The van der Waals surface area contributed by atoms with Gasteiger partial charge in [0.1, 0.15) is 0 Å². The highest BCUT2D eigenvalue weighted by Gasteiger charge is 2.37. The number of imide groups is 1. The number of hydrogen-bond donors (Lipinski definition) is 0. The molecule has 0 radical (unpaired) electrons. The number of likely N-dealkylation sites (tertiary alicyclic amines) is 1. The lowest BCUT2D eigenvalue weighted by molar-refractivity contribution is -0.140. The van der Waals surface area contributed by atoms with Crippen molar-refractivity contribution >= 4 is 17.6 Å². The van der Waals surface area contributed by atoms with Gasteiger partial charge in [0.05, 0.1) is 0 Å². The Bertz CT molecular complexity index is 408. The molecule has 1 heterocycles. The molecule has 2 aliphatic rings. The van der Waals surface area contributed by atoms with E-state index in [9.17, 15) is 14.4 Å². The molecule has 1 atom stereocenters. The lowest BCUT2D eigenvalue weighted by Crippen LogP contribution is -2.36. The maximum absolute atomic E-state index is 11.8. The zero-order chi connectivity index (χ0) is 14.0. The standard InChI is InChI=1S/C15H21NO3/c1-3-13(17)12-6-4-11(5-7-12)9-16-14(18)8-10(2)15(16)19/h3,10-12H,1,4-9H2,2H3/t10-,11?,12?/m1/s1. The van der Waals surface area contributed by atoms with Crippen LogP contribution in [0.25, 0.3) is 0 Å². The van der Waals surface area contributed by atoms with Crippen LogP contribution in [0.5, 0.6) is 0 Å². The van der Waals surface area contributed by atoms with E-state index in [0.717, 1.165) is 25.7 Å². The number of allylic oxidation sites excluding steroid dienone is 1. The average molecular weight is 263 g/mol. The SMILES string of the molecule is C=CC(=O)C1CCC(CN2C(=O)C[C@@H](C)C2=O)CC1. The Balaban J connectivity index is 1.86. The molecule has 0 aromatic heterocycles. The number of carbonyl (C=O) groups excluding carboxylic acids is 3. The van der Waals surface area contributed by atoms with Gasteiger partial charge in [-0.1, -0.05) is 13.5 Å². The third-order valence-electron chi connectivity index (χ3n) is 4.36. The first kappa shape index (κ1) is 14.0. The second-order valence-corrected chi connectivity index (χ2v) is 5.77. The first-order chi connectivity index (χ1) is 9.02. The van der Waals surface area contributed by atoms with Crippen LogP contribution >= 0.6 is 0 Å². The van der Waals surface area contributed by atoms with Crippen LogP contribution in [0.4, 0.5) is 0 Å². The van der Waals surface area contributed by atoms with Crippen molar-refractivity contribution in [3.8, 4) is 0 Å². The molecule has 4 nitrogen and oxygen atoms in total. The Hall–Kier alpha value is -1.45. The Labute approximate surface area is 113 Å². The molecule has 0 aromatic rings. The van der Waals surface area contributed by atoms with Crippen LogP contribution in [0.1, 0.15) is 39.0 Å². The van der Waals surface area contributed by atoms with E-state index in [1.165, 1.54) is 11.0 Å². The van der Waals surface area contributed by atoms with Crippen LogP contribution in [0.15, 0.2) is 12.7 Å². The summed E-state index contributed by atoms with van der Waals surface area (Å²) in [7, 11) is 0. The normalized spacial score (nSPS) is 31.6. The molecule has 0 unspecified atom stereocenters. The van der Waals surface area contributed by atoms with Gasteiger partial charge in [0.25, 0.3) is 0 Å².